The number of hydrogen-bond donors (Lipinski definition) is 1. The molecular weight excluding hydrogens is 230 g/mol. The molecule has 2 aliphatic rings. The average Bonchev–Trinajstić information content (AvgIpc) is 2.43. The zero-order valence-corrected chi connectivity index (χ0v) is 12.2. The van der Waals surface area contributed by atoms with Gasteiger partial charge in [-0.25, -0.2) is 0 Å². The lowest BCUT2D eigenvalue weighted by Gasteiger charge is -2.40. The molecule has 0 radical (unpaired) electrons. The number of nitrogens with two attached hydrogens (primary N) is 1. The smallest absolute Gasteiger partial charge is 0.0160 e. The van der Waals surface area contributed by atoms with Crippen LogP contribution < -0.4 is 5.73 Å². The lowest BCUT2D eigenvalue weighted by molar-refractivity contribution is 0.215. The third kappa shape index (κ3) is 2.86. The van der Waals surface area contributed by atoms with Gasteiger partial charge < -0.3 is 5.73 Å². The molecule has 1 heteroatoms. The molecular formula is C18H27N. The van der Waals surface area contributed by atoms with E-state index in [0.29, 0.717) is 5.92 Å². The average molecular weight is 257 g/mol. The SMILES string of the molecule is CC1CCC(N)(CC2CCCc3ccccc32)CC1. The summed E-state index contributed by atoms with van der Waals surface area (Å²) in [5.41, 5.74) is 9.99. The first-order valence-electron chi connectivity index (χ1n) is 8.03. The van der Waals surface area contributed by atoms with Gasteiger partial charge in [0.2, 0.25) is 0 Å². The Labute approximate surface area is 117 Å². The molecule has 1 atom stereocenters. The monoisotopic (exact) mass is 257 g/mol. The minimum absolute atomic E-state index is 0.113. The van der Waals surface area contributed by atoms with Crippen LogP contribution in [0.15, 0.2) is 24.3 Å². The van der Waals surface area contributed by atoms with E-state index >= 15 is 0 Å². The number of aryl methyl sites for hydroxylation is 1. The van der Waals surface area contributed by atoms with Crippen LogP contribution in [0, 0.1) is 5.92 Å². The van der Waals surface area contributed by atoms with Crippen LogP contribution in [-0.2, 0) is 6.42 Å². The number of rotatable bonds is 2. The predicted molar refractivity (Wildman–Crippen MR) is 81.3 cm³/mol. The topological polar surface area (TPSA) is 26.0 Å². The first-order chi connectivity index (χ1) is 9.16. The molecule has 2 N–H and O–H groups in total. The van der Waals surface area contributed by atoms with Crippen molar-refractivity contribution in [2.45, 2.75) is 69.7 Å². The second-order valence-corrected chi connectivity index (χ2v) is 7.04. The van der Waals surface area contributed by atoms with Crippen LogP contribution in [0.1, 0.15) is 68.9 Å². The van der Waals surface area contributed by atoms with Gasteiger partial charge in [-0.05, 0) is 74.3 Å². The fourth-order valence-electron chi connectivity index (χ4n) is 4.10. The Morgan fingerprint density at radius 2 is 1.89 bits per heavy atom. The fraction of sp³-hybridized carbons (Fsp3) is 0.667. The summed E-state index contributed by atoms with van der Waals surface area (Å²) in [4.78, 5) is 0. The molecule has 1 saturated carbocycles. The summed E-state index contributed by atoms with van der Waals surface area (Å²) in [6.45, 7) is 2.37. The van der Waals surface area contributed by atoms with Crippen molar-refractivity contribution in [3.63, 3.8) is 0 Å². The minimum atomic E-state index is 0.113. The summed E-state index contributed by atoms with van der Waals surface area (Å²) >= 11 is 0. The third-order valence-electron chi connectivity index (χ3n) is 5.42. The predicted octanol–water partition coefficient (Wildman–Crippen LogP) is 4.40. The molecule has 1 unspecified atom stereocenters. The van der Waals surface area contributed by atoms with Crippen molar-refractivity contribution in [1.29, 1.82) is 0 Å². The van der Waals surface area contributed by atoms with Crippen molar-refractivity contribution in [2.75, 3.05) is 0 Å². The summed E-state index contributed by atoms with van der Waals surface area (Å²) in [6.07, 6.45) is 10.3. The van der Waals surface area contributed by atoms with Crippen molar-refractivity contribution in [3.8, 4) is 0 Å². The summed E-state index contributed by atoms with van der Waals surface area (Å²) in [5, 5.41) is 0. The van der Waals surface area contributed by atoms with Crippen LogP contribution in [-0.4, -0.2) is 5.54 Å². The molecule has 104 valence electrons. The second kappa shape index (κ2) is 5.28. The van der Waals surface area contributed by atoms with E-state index in [-0.39, 0.29) is 5.54 Å². The lowest BCUT2D eigenvalue weighted by Crippen LogP contribution is -2.44. The molecule has 0 bridgehead atoms. The van der Waals surface area contributed by atoms with Gasteiger partial charge in [0.15, 0.2) is 0 Å². The third-order valence-corrected chi connectivity index (χ3v) is 5.42. The summed E-state index contributed by atoms with van der Waals surface area (Å²) in [7, 11) is 0. The van der Waals surface area contributed by atoms with E-state index < -0.39 is 0 Å². The van der Waals surface area contributed by atoms with Gasteiger partial charge in [-0.2, -0.15) is 0 Å². The molecule has 0 aliphatic heterocycles. The Balaban J connectivity index is 1.74. The van der Waals surface area contributed by atoms with Crippen molar-refractivity contribution < 1.29 is 0 Å². The van der Waals surface area contributed by atoms with E-state index in [1.807, 2.05) is 0 Å². The highest BCUT2D eigenvalue weighted by Crippen LogP contribution is 2.41. The van der Waals surface area contributed by atoms with Gasteiger partial charge in [0.1, 0.15) is 0 Å². The van der Waals surface area contributed by atoms with E-state index in [2.05, 4.69) is 31.2 Å². The zero-order valence-electron chi connectivity index (χ0n) is 12.2. The Morgan fingerprint density at radius 1 is 1.16 bits per heavy atom. The van der Waals surface area contributed by atoms with Gasteiger partial charge >= 0.3 is 0 Å². The van der Waals surface area contributed by atoms with Gasteiger partial charge in [-0.1, -0.05) is 31.2 Å². The molecule has 3 rings (SSSR count). The normalized spacial score (nSPS) is 34.8. The van der Waals surface area contributed by atoms with E-state index in [0.717, 1.165) is 5.92 Å². The van der Waals surface area contributed by atoms with Crippen LogP contribution in [0.25, 0.3) is 0 Å². The standard InChI is InChI=1S/C18H27N/c1-14-9-11-18(19,12-10-14)13-16-7-4-6-15-5-2-3-8-17(15)16/h2-3,5,8,14,16H,4,6-7,9-13,19H2,1H3. The molecule has 2 aliphatic carbocycles. The van der Waals surface area contributed by atoms with Crippen LogP contribution >= 0.6 is 0 Å². The highest BCUT2D eigenvalue weighted by atomic mass is 14.7. The molecule has 1 aromatic rings. The van der Waals surface area contributed by atoms with Crippen LogP contribution in [0.2, 0.25) is 0 Å². The van der Waals surface area contributed by atoms with Gasteiger partial charge in [0, 0.05) is 5.54 Å². The Hall–Kier alpha value is -0.820. The molecule has 19 heavy (non-hydrogen) atoms. The molecule has 0 amide bonds. The maximum Gasteiger partial charge on any atom is 0.0160 e. The first kappa shape index (κ1) is 13.2. The minimum Gasteiger partial charge on any atom is -0.325 e. The van der Waals surface area contributed by atoms with Crippen molar-refractivity contribution in [3.05, 3.63) is 35.4 Å². The molecule has 0 saturated heterocycles. The maximum atomic E-state index is 6.71. The zero-order chi connectivity index (χ0) is 13.3. The molecule has 0 aromatic heterocycles. The van der Waals surface area contributed by atoms with Crippen LogP contribution in [0.5, 0.6) is 0 Å². The van der Waals surface area contributed by atoms with E-state index in [4.69, 9.17) is 5.73 Å². The second-order valence-electron chi connectivity index (χ2n) is 7.04. The fourth-order valence-corrected chi connectivity index (χ4v) is 4.10. The van der Waals surface area contributed by atoms with Crippen LogP contribution in [0.3, 0.4) is 0 Å². The van der Waals surface area contributed by atoms with Crippen molar-refractivity contribution in [2.24, 2.45) is 11.7 Å². The van der Waals surface area contributed by atoms with E-state index in [1.165, 1.54) is 51.4 Å². The summed E-state index contributed by atoms with van der Waals surface area (Å²) in [5.74, 6) is 1.60. The van der Waals surface area contributed by atoms with Gasteiger partial charge in [0.05, 0.1) is 0 Å². The lowest BCUT2D eigenvalue weighted by atomic mass is 9.69. The highest BCUT2D eigenvalue weighted by molar-refractivity contribution is 5.33. The molecule has 0 spiro atoms. The molecule has 1 fully saturated rings. The van der Waals surface area contributed by atoms with E-state index in [9.17, 15) is 0 Å². The molecule has 1 aromatic carbocycles. The van der Waals surface area contributed by atoms with Gasteiger partial charge in [0.25, 0.3) is 0 Å². The summed E-state index contributed by atoms with van der Waals surface area (Å²) in [6, 6.07) is 9.03. The Bertz CT molecular complexity index is 429. The van der Waals surface area contributed by atoms with E-state index in [1.54, 1.807) is 11.1 Å². The van der Waals surface area contributed by atoms with Gasteiger partial charge in [-0.3, -0.25) is 0 Å². The van der Waals surface area contributed by atoms with Crippen LogP contribution in [0.4, 0.5) is 0 Å². The first-order valence-corrected chi connectivity index (χ1v) is 8.03. The number of hydrogen-bond acceptors (Lipinski definition) is 1. The highest BCUT2D eigenvalue weighted by Gasteiger charge is 2.34. The Kier molecular flexibility index (Phi) is 3.66. The number of fused-ring (bicyclic) bond motifs is 1. The molecule has 1 nitrogen and oxygen atoms in total. The quantitative estimate of drug-likeness (QED) is 0.834. The van der Waals surface area contributed by atoms with Crippen molar-refractivity contribution in [1.82, 2.24) is 0 Å². The maximum absolute atomic E-state index is 6.71. The number of benzene rings is 1. The Morgan fingerprint density at radius 3 is 2.68 bits per heavy atom. The largest absolute Gasteiger partial charge is 0.325 e. The van der Waals surface area contributed by atoms with Gasteiger partial charge in [-0.15, -0.1) is 0 Å². The van der Waals surface area contributed by atoms with Crippen molar-refractivity contribution >= 4 is 0 Å². The summed E-state index contributed by atoms with van der Waals surface area (Å²) < 4.78 is 0. The molecule has 0 heterocycles.